The zero-order valence-electron chi connectivity index (χ0n) is 18.0. The predicted octanol–water partition coefficient (Wildman–Crippen LogP) is 6.42. The monoisotopic (exact) mass is 466 g/mol. The fourth-order valence-electron chi connectivity index (χ4n) is 3.43. The van der Waals surface area contributed by atoms with Gasteiger partial charge in [-0.05, 0) is 62.2 Å². The van der Waals surface area contributed by atoms with Gasteiger partial charge in [-0.2, -0.15) is 0 Å². The first-order chi connectivity index (χ1) is 15.4. The number of amides is 1. The fraction of sp³-hybridized carbons (Fsp3) is 0.208. The molecule has 0 fully saturated rings. The molecule has 164 valence electrons. The van der Waals surface area contributed by atoms with Gasteiger partial charge in [0.1, 0.15) is 5.00 Å². The van der Waals surface area contributed by atoms with Crippen molar-refractivity contribution in [1.82, 2.24) is 9.97 Å². The maximum atomic E-state index is 12.7. The number of halogens is 1. The smallest absolute Gasteiger partial charge is 0.291 e. The summed E-state index contributed by atoms with van der Waals surface area (Å²) in [5.74, 6) is 0.490. The zero-order chi connectivity index (χ0) is 22.7. The first kappa shape index (κ1) is 22.0. The third-order valence-electron chi connectivity index (χ3n) is 4.90. The van der Waals surface area contributed by atoms with Crippen LogP contribution in [0.4, 0.5) is 10.9 Å². The molecule has 3 heterocycles. The lowest BCUT2D eigenvalue weighted by atomic mass is 10.00. The number of thiophene rings is 1. The van der Waals surface area contributed by atoms with Gasteiger partial charge in [-0.3, -0.25) is 4.79 Å². The Morgan fingerprint density at radius 3 is 2.47 bits per heavy atom. The Kier molecular flexibility index (Phi) is 6.58. The van der Waals surface area contributed by atoms with Crippen molar-refractivity contribution in [3.63, 3.8) is 0 Å². The lowest BCUT2D eigenvalue weighted by Gasteiger charge is -2.21. The molecule has 1 aromatic carbocycles. The van der Waals surface area contributed by atoms with Crippen LogP contribution < -0.4 is 10.6 Å². The lowest BCUT2D eigenvalue weighted by molar-refractivity contribution is 0.0997. The predicted molar refractivity (Wildman–Crippen MR) is 129 cm³/mol. The van der Waals surface area contributed by atoms with Gasteiger partial charge in [-0.15, -0.1) is 11.3 Å². The van der Waals surface area contributed by atoms with E-state index in [2.05, 4.69) is 33.6 Å². The summed E-state index contributed by atoms with van der Waals surface area (Å²) >= 11 is 7.69. The van der Waals surface area contributed by atoms with Crippen molar-refractivity contribution >= 4 is 39.8 Å². The maximum absolute atomic E-state index is 12.7. The van der Waals surface area contributed by atoms with E-state index in [1.165, 1.54) is 6.26 Å². The molecule has 4 rings (SSSR count). The normalized spacial score (nSPS) is 11.9. The molecule has 1 atom stereocenters. The van der Waals surface area contributed by atoms with Crippen molar-refractivity contribution in [2.45, 2.75) is 33.2 Å². The van der Waals surface area contributed by atoms with Crippen molar-refractivity contribution in [1.29, 1.82) is 0 Å². The van der Waals surface area contributed by atoms with Crippen LogP contribution >= 0.6 is 22.9 Å². The first-order valence-corrected chi connectivity index (χ1v) is 11.4. The Bertz CT molecular complexity index is 1200. The second-order valence-electron chi connectivity index (χ2n) is 7.39. The quantitative estimate of drug-likeness (QED) is 0.328. The minimum atomic E-state index is -0.295. The number of hydrogen-bond donors (Lipinski definition) is 2. The van der Waals surface area contributed by atoms with Crippen molar-refractivity contribution in [2.24, 2.45) is 0 Å². The molecule has 0 spiro atoms. The SMILES string of the molecule is CCc1cc([C@H](Nc2nc(C)cc(C)n2)c2ccc(Cl)cc2)c(NC(=O)c2ccco2)s1. The maximum Gasteiger partial charge on any atom is 0.291 e. The van der Waals surface area contributed by atoms with Crippen molar-refractivity contribution in [3.05, 3.63) is 93.0 Å². The van der Waals surface area contributed by atoms with Gasteiger partial charge in [0.2, 0.25) is 5.95 Å². The summed E-state index contributed by atoms with van der Waals surface area (Å²) in [5.41, 5.74) is 3.66. The number of aromatic nitrogens is 2. The third kappa shape index (κ3) is 5.00. The second kappa shape index (κ2) is 9.54. The summed E-state index contributed by atoms with van der Waals surface area (Å²) in [7, 11) is 0. The Labute approximate surface area is 195 Å². The molecule has 0 saturated heterocycles. The molecule has 4 aromatic rings. The van der Waals surface area contributed by atoms with Crippen LogP contribution in [0.25, 0.3) is 0 Å². The van der Waals surface area contributed by atoms with E-state index in [1.807, 2.05) is 44.2 Å². The third-order valence-corrected chi connectivity index (χ3v) is 6.36. The lowest BCUT2D eigenvalue weighted by Crippen LogP contribution is -2.17. The van der Waals surface area contributed by atoms with E-state index in [4.69, 9.17) is 16.0 Å². The minimum absolute atomic E-state index is 0.260. The summed E-state index contributed by atoms with van der Waals surface area (Å²) in [6.45, 7) is 5.96. The van der Waals surface area contributed by atoms with Crippen LogP contribution in [0.2, 0.25) is 5.02 Å². The highest BCUT2D eigenvalue weighted by Gasteiger charge is 2.24. The van der Waals surface area contributed by atoms with Crippen LogP contribution in [0.3, 0.4) is 0 Å². The molecular weight excluding hydrogens is 444 g/mol. The van der Waals surface area contributed by atoms with E-state index in [0.717, 1.165) is 38.8 Å². The van der Waals surface area contributed by atoms with Gasteiger partial charge in [0, 0.05) is 26.9 Å². The summed E-state index contributed by atoms with van der Waals surface area (Å²) in [4.78, 5) is 23.0. The van der Waals surface area contributed by atoms with Gasteiger partial charge in [-0.1, -0.05) is 30.7 Å². The molecule has 3 aromatic heterocycles. The molecule has 0 aliphatic rings. The average Bonchev–Trinajstić information content (AvgIpc) is 3.42. The van der Waals surface area contributed by atoms with E-state index >= 15 is 0 Å². The highest BCUT2D eigenvalue weighted by Crippen LogP contribution is 2.38. The average molecular weight is 467 g/mol. The van der Waals surface area contributed by atoms with Gasteiger partial charge in [0.25, 0.3) is 5.91 Å². The van der Waals surface area contributed by atoms with Crippen LogP contribution in [0, 0.1) is 13.8 Å². The van der Waals surface area contributed by atoms with Gasteiger partial charge >= 0.3 is 0 Å². The summed E-state index contributed by atoms with van der Waals surface area (Å²) in [5, 5.41) is 7.89. The molecule has 0 aliphatic heterocycles. The Hall–Kier alpha value is -3.16. The molecule has 0 unspecified atom stereocenters. The summed E-state index contributed by atoms with van der Waals surface area (Å²) in [6, 6.07) is 14.7. The fourth-order valence-corrected chi connectivity index (χ4v) is 4.59. The number of anilines is 2. The highest BCUT2D eigenvalue weighted by atomic mass is 35.5. The summed E-state index contributed by atoms with van der Waals surface area (Å²) < 4.78 is 5.26. The Balaban J connectivity index is 1.77. The molecule has 32 heavy (non-hydrogen) atoms. The van der Waals surface area contributed by atoms with Gasteiger partial charge in [0.05, 0.1) is 12.3 Å². The molecule has 2 N–H and O–H groups in total. The summed E-state index contributed by atoms with van der Waals surface area (Å²) in [6.07, 6.45) is 2.33. The van der Waals surface area contributed by atoms with Gasteiger partial charge < -0.3 is 15.1 Å². The van der Waals surface area contributed by atoms with Gasteiger partial charge in [0.15, 0.2) is 5.76 Å². The number of furan rings is 1. The number of hydrogen-bond acceptors (Lipinski definition) is 6. The number of nitrogens with one attached hydrogen (secondary N) is 2. The molecule has 1 amide bonds. The van der Waals surface area contributed by atoms with E-state index in [9.17, 15) is 4.79 Å². The molecule has 8 heteroatoms. The number of rotatable bonds is 7. The van der Waals surface area contributed by atoms with Gasteiger partial charge in [-0.25, -0.2) is 9.97 Å². The number of carbonyl (C=O) groups is 1. The van der Waals surface area contributed by atoms with Crippen molar-refractivity contribution in [3.8, 4) is 0 Å². The largest absolute Gasteiger partial charge is 0.459 e. The first-order valence-electron chi connectivity index (χ1n) is 10.2. The van der Waals surface area contributed by atoms with Crippen LogP contribution in [-0.4, -0.2) is 15.9 Å². The Morgan fingerprint density at radius 1 is 1.12 bits per heavy atom. The number of aryl methyl sites for hydroxylation is 3. The minimum Gasteiger partial charge on any atom is -0.459 e. The van der Waals surface area contributed by atoms with Crippen LogP contribution in [0.1, 0.15) is 50.9 Å². The molecule has 0 aliphatic carbocycles. The Morgan fingerprint density at radius 2 is 1.84 bits per heavy atom. The number of benzene rings is 1. The van der Waals surface area contributed by atoms with Crippen LogP contribution in [-0.2, 0) is 6.42 Å². The number of carbonyl (C=O) groups excluding carboxylic acids is 1. The van der Waals surface area contributed by atoms with Crippen molar-refractivity contribution in [2.75, 3.05) is 10.6 Å². The highest BCUT2D eigenvalue weighted by molar-refractivity contribution is 7.16. The number of nitrogens with zero attached hydrogens (tertiary/aromatic N) is 2. The van der Waals surface area contributed by atoms with E-state index in [-0.39, 0.29) is 17.7 Å². The van der Waals surface area contributed by atoms with E-state index in [0.29, 0.717) is 11.0 Å². The molecule has 6 nitrogen and oxygen atoms in total. The molecular formula is C24H23ClN4O2S. The van der Waals surface area contributed by atoms with E-state index < -0.39 is 0 Å². The topological polar surface area (TPSA) is 80.0 Å². The van der Waals surface area contributed by atoms with Crippen LogP contribution in [0.15, 0.2) is 59.2 Å². The second-order valence-corrected chi connectivity index (χ2v) is 8.96. The zero-order valence-corrected chi connectivity index (χ0v) is 19.6. The standard InChI is InChI=1S/C24H23ClN4O2S/c1-4-18-13-19(23(32-18)29-22(30)20-6-5-11-31-20)21(16-7-9-17(25)10-8-16)28-24-26-14(2)12-15(3)27-24/h5-13,21H,4H2,1-3H3,(H,29,30)(H,26,27,28)/t21-/m1/s1. The molecule has 0 saturated carbocycles. The molecule has 0 bridgehead atoms. The van der Waals surface area contributed by atoms with Crippen molar-refractivity contribution < 1.29 is 9.21 Å². The molecule has 0 radical (unpaired) electrons. The van der Waals surface area contributed by atoms with Crippen LogP contribution in [0.5, 0.6) is 0 Å². The van der Waals surface area contributed by atoms with E-state index in [1.54, 1.807) is 23.5 Å².